The van der Waals surface area contributed by atoms with Gasteiger partial charge in [0.05, 0.1) is 0 Å². The van der Waals surface area contributed by atoms with Crippen molar-refractivity contribution in [3.05, 3.63) is 44.4 Å². The Balaban J connectivity index is -0.0000000489. The Morgan fingerprint density at radius 1 is 0.917 bits per heavy atom. The van der Waals surface area contributed by atoms with Gasteiger partial charge in [0.2, 0.25) is 0 Å². The molecule has 0 fully saturated rings. The van der Waals surface area contributed by atoms with Gasteiger partial charge in [0.1, 0.15) is 0 Å². The zero-order chi connectivity index (χ0) is 6.95. The molecule has 0 N–H and O–H groups in total. The first-order chi connectivity index (χ1) is 4.41. The SMILES string of the molecule is [CH2-]C[CH2-].[Cl-].[Cl-].[Pt+4].c1ccncc1. The van der Waals surface area contributed by atoms with Crippen LogP contribution in [0.5, 0.6) is 0 Å². The van der Waals surface area contributed by atoms with E-state index in [1.165, 1.54) is 0 Å². The first-order valence-electron chi connectivity index (χ1n) is 2.85. The topological polar surface area (TPSA) is 12.9 Å². The summed E-state index contributed by atoms with van der Waals surface area (Å²) < 4.78 is 0. The minimum atomic E-state index is 0. The van der Waals surface area contributed by atoms with E-state index in [1.54, 1.807) is 12.4 Å². The van der Waals surface area contributed by atoms with Crippen molar-refractivity contribution in [2.75, 3.05) is 0 Å². The summed E-state index contributed by atoms with van der Waals surface area (Å²) in [6.45, 7) is 6.75. The Hall–Kier alpha value is 0.418. The number of aromatic nitrogens is 1. The van der Waals surface area contributed by atoms with E-state index in [0.29, 0.717) is 0 Å². The summed E-state index contributed by atoms with van der Waals surface area (Å²) in [6.07, 6.45) is 4.25. The van der Waals surface area contributed by atoms with Gasteiger partial charge < -0.3 is 45.1 Å². The fourth-order valence-electron chi connectivity index (χ4n) is 0.313. The molecule has 0 aromatic carbocycles. The molecule has 0 spiro atoms. The third-order valence-corrected chi connectivity index (χ3v) is 0.566. The molecule has 0 radical (unpaired) electrons. The average molecular weight is 387 g/mol. The first kappa shape index (κ1) is 22.8. The molecule has 12 heavy (non-hydrogen) atoms. The molecule has 0 aliphatic carbocycles. The molecule has 0 bridgehead atoms. The standard InChI is InChI=1S/C5H5N.C3H6.2ClH.Pt/c1-2-4-6-5-3-1;1-3-2;;;/h1-5H;1-3H2;2*1H;/q;-2;;;+4/p-2. The van der Waals surface area contributed by atoms with E-state index in [1.807, 2.05) is 18.2 Å². The summed E-state index contributed by atoms with van der Waals surface area (Å²) in [4.78, 5) is 3.78. The van der Waals surface area contributed by atoms with Crippen molar-refractivity contribution in [2.45, 2.75) is 6.42 Å². The van der Waals surface area contributed by atoms with Crippen molar-refractivity contribution in [1.82, 2.24) is 4.98 Å². The minimum Gasteiger partial charge on any atom is -1.00 e. The molecule has 0 saturated heterocycles. The van der Waals surface area contributed by atoms with Crippen LogP contribution in [0.15, 0.2) is 30.6 Å². The van der Waals surface area contributed by atoms with Crippen molar-refractivity contribution in [3.8, 4) is 0 Å². The normalized spacial score (nSPS) is 5.50. The quantitative estimate of drug-likeness (QED) is 0.416. The molecule has 1 rings (SSSR count). The van der Waals surface area contributed by atoms with Gasteiger partial charge >= 0.3 is 21.1 Å². The summed E-state index contributed by atoms with van der Waals surface area (Å²) in [6, 6.07) is 5.72. The van der Waals surface area contributed by atoms with Crippen LogP contribution in [-0.2, 0) is 21.1 Å². The molecule has 1 aromatic rings. The van der Waals surface area contributed by atoms with Crippen molar-refractivity contribution in [1.29, 1.82) is 0 Å². The molecule has 1 heterocycles. The third kappa shape index (κ3) is 22.4. The molecule has 1 nitrogen and oxygen atoms in total. The predicted octanol–water partition coefficient (Wildman–Crippen LogP) is -3.87. The van der Waals surface area contributed by atoms with Gasteiger partial charge in [-0.3, -0.25) is 4.98 Å². The third-order valence-electron chi connectivity index (χ3n) is 0.566. The number of halogens is 2. The van der Waals surface area contributed by atoms with Crippen LogP contribution in [0, 0.1) is 13.8 Å². The summed E-state index contributed by atoms with van der Waals surface area (Å²) in [5, 5.41) is 0. The second-order valence-corrected chi connectivity index (χ2v) is 1.38. The monoisotopic (exact) mass is 386 g/mol. The number of rotatable bonds is 0. The van der Waals surface area contributed by atoms with Crippen molar-refractivity contribution >= 4 is 0 Å². The van der Waals surface area contributed by atoms with Crippen LogP contribution in [0.2, 0.25) is 0 Å². The van der Waals surface area contributed by atoms with Gasteiger partial charge in [-0.25, -0.2) is 0 Å². The van der Waals surface area contributed by atoms with Crippen LogP contribution >= 0.6 is 0 Å². The Kier molecular flexibility index (Phi) is 42.9. The van der Waals surface area contributed by atoms with E-state index in [4.69, 9.17) is 0 Å². The molecular formula is C8H11Cl2NPt. The Morgan fingerprint density at radius 3 is 1.33 bits per heavy atom. The maximum Gasteiger partial charge on any atom is 4.00 e. The molecule has 0 amide bonds. The van der Waals surface area contributed by atoms with Gasteiger partial charge in [0.15, 0.2) is 0 Å². The van der Waals surface area contributed by atoms with E-state index >= 15 is 0 Å². The maximum atomic E-state index is 3.78. The molecule has 0 saturated carbocycles. The molecule has 0 atom stereocenters. The smallest absolute Gasteiger partial charge is 1.00 e. The van der Waals surface area contributed by atoms with Crippen LogP contribution in [0.3, 0.4) is 0 Å². The number of pyridine rings is 1. The molecule has 4 heteroatoms. The summed E-state index contributed by atoms with van der Waals surface area (Å²) in [7, 11) is 0. The number of hydrogen-bond acceptors (Lipinski definition) is 1. The van der Waals surface area contributed by atoms with Crippen LogP contribution in [0.25, 0.3) is 0 Å². The first-order valence-corrected chi connectivity index (χ1v) is 2.85. The minimum absolute atomic E-state index is 0. The second-order valence-electron chi connectivity index (χ2n) is 1.38. The fraction of sp³-hybridized carbons (Fsp3) is 0.125. The van der Waals surface area contributed by atoms with E-state index in [2.05, 4.69) is 18.8 Å². The zero-order valence-corrected chi connectivity index (χ0v) is 10.3. The predicted molar refractivity (Wildman–Crippen MR) is 39.6 cm³/mol. The zero-order valence-electron chi connectivity index (χ0n) is 6.53. The van der Waals surface area contributed by atoms with Crippen molar-refractivity contribution in [2.24, 2.45) is 0 Å². The van der Waals surface area contributed by atoms with Gasteiger partial charge in [-0.15, -0.1) is 0 Å². The molecule has 0 unspecified atom stereocenters. The summed E-state index contributed by atoms with van der Waals surface area (Å²) in [5.41, 5.74) is 0. The Labute approximate surface area is 101 Å². The summed E-state index contributed by atoms with van der Waals surface area (Å²) in [5.74, 6) is 0. The maximum absolute atomic E-state index is 3.78. The van der Waals surface area contributed by atoms with Crippen molar-refractivity contribution in [3.63, 3.8) is 0 Å². The van der Waals surface area contributed by atoms with E-state index in [9.17, 15) is 0 Å². The van der Waals surface area contributed by atoms with Gasteiger partial charge in [-0.05, 0) is 12.1 Å². The Morgan fingerprint density at radius 2 is 1.25 bits per heavy atom. The fourth-order valence-corrected chi connectivity index (χ4v) is 0.313. The van der Waals surface area contributed by atoms with Crippen molar-refractivity contribution < 1.29 is 45.9 Å². The van der Waals surface area contributed by atoms with Gasteiger partial charge in [-0.1, -0.05) is 6.07 Å². The molecule has 72 valence electrons. The molecular weight excluding hydrogens is 376 g/mol. The van der Waals surface area contributed by atoms with Crippen LogP contribution in [-0.4, -0.2) is 4.98 Å². The number of hydrogen-bond donors (Lipinski definition) is 0. The molecule has 0 aliphatic rings. The second kappa shape index (κ2) is 22.5. The molecule has 1 aromatic heterocycles. The van der Waals surface area contributed by atoms with Gasteiger partial charge in [0.25, 0.3) is 0 Å². The largest absolute Gasteiger partial charge is 4.00 e. The van der Waals surface area contributed by atoms with Crippen LogP contribution in [0.1, 0.15) is 6.42 Å². The van der Waals surface area contributed by atoms with E-state index in [0.717, 1.165) is 6.42 Å². The Bertz CT molecular complexity index is 99.9. The number of nitrogens with zero attached hydrogens (tertiary/aromatic N) is 1. The van der Waals surface area contributed by atoms with Gasteiger partial charge in [0, 0.05) is 12.4 Å². The molecule has 0 aliphatic heterocycles. The van der Waals surface area contributed by atoms with E-state index < -0.39 is 0 Å². The summed E-state index contributed by atoms with van der Waals surface area (Å²) >= 11 is 0. The van der Waals surface area contributed by atoms with E-state index in [-0.39, 0.29) is 45.9 Å². The van der Waals surface area contributed by atoms with Crippen LogP contribution < -0.4 is 24.8 Å². The average Bonchev–Trinajstić information content (AvgIpc) is 1.93. The van der Waals surface area contributed by atoms with Crippen LogP contribution in [0.4, 0.5) is 0 Å². The van der Waals surface area contributed by atoms with Gasteiger partial charge in [-0.2, -0.15) is 0 Å².